The highest BCUT2D eigenvalue weighted by Crippen LogP contribution is 2.32. The summed E-state index contributed by atoms with van der Waals surface area (Å²) in [5, 5.41) is 18.7. The lowest BCUT2D eigenvalue weighted by atomic mass is 9.86. The van der Waals surface area contributed by atoms with E-state index >= 15 is 0 Å². The SMILES string of the molecule is [2H]c1c(CO)c(F)c(=O)n(O)c1C1CCCCC1. The van der Waals surface area contributed by atoms with E-state index in [0.717, 1.165) is 32.1 Å². The van der Waals surface area contributed by atoms with Crippen LogP contribution < -0.4 is 5.56 Å². The zero-order valence-corrected chi connectivity index (χ0v) is 9.45. The monoisotopic (exact) mass is 242 g/mol. The number of nitrogens with zero attached hydrogens (tertiary/aromatic N) is 1. The van der Waals surface area contributed by atoms with Gasteiger partial charge in [0, 0.05) is 11.5 Å². The molecule has 1 saturated carbocycles. The third-order valence-corrected chi connectivity index (χ3v) is 3.30. The molecular formula is C12H16FNO3. The van der Waals surface area contributed by atoms with Gasteiger partial charge in [-0.1, -0.05) is 19.3 Å². The molecule has 1 aliphatic rings. The maximum absolute atomic E-state index is 13.5. The highest BCUT2D eigenvalue weighted by molar-refractivity contribution is 5.21. The fourth-order valence-corrected chi connectivity index (χ4v) is 2.35. The molecule has 0 aliphatic heterocycles. The highest BCUT2D eigenvalue weighted by atomic mass is 19.1. The summed E-state index contributed by atoms with van der Waals surface area (Å²) in [6.07, 6.45) is 4.55. The van der Waals surface area contributed by atoms with Crippen LogP contribution in [-0.2, 0) is 6.61 Å². The topological polar surface area (TPSA) is 62.5 Å². The van der Waals surface area contributed by atoms with Crippen LogP contribution >= 0.6 is 0 Å². The number of aliphatic hydroxyl groups excluding tert-OH is 1. The standard InChI is InChI=1S/C12H16FNO3/c13-11-9(7-15)6-10(14(17)12(11)16)8-4-2-1-3-5-8/h6,8,15,17H,1-5,7H2/i6D. The zero-order valence-electron chi connectivity index (χ0n) is 10.4. The molecule has 17 heavy (non-hydrogen) atoms. The molecule has 1 aromatic heterocycles. The molecule has 1 aliphatic carbocycles. The Morgan fingerprint density at radius 3 is 2.71 bits per heavy atom. The first-order valence-electron chi connectivity index (χ1n) is 6.32. The van der Waals surface area contributed by atoms with E-state index in [9.17, 15) is 14.4 Å². The Labute approximate surface area is 99.7 Å². The Balaban J connectivity index is 2.58. The van der Waals surface area contributed by atoms with Gasteiger partial charge in [-0.15, -0.1) is 4.73 Å². The van der Waals surface area contributed by atoms with Crippen LogP contribution in [0.4, 0.5) is 4.39 Å². The number of aliphatic hydroxyl groups is 1. The molecule has 2 rings (SSSR count). The van der Waals surface area contributed by atoms with Gasteiger partial charge in [0.25, 0.3) is 0 Å². The van der Waals surface area contributed by atoms with Crippen LogP contribution in [0.1, 0.15) is 50.7 Å². The van der Waals surface area contributed by atoms with Crippen molar-refractivity contribution in [1.29, 1.82) is 0 Å². The third-order valence-electron chi connectivity index (χ3n) is 3.30. The fourth-order valence-electron chi connectivity index (χ4n) is 2.35. The van der Waals surface area contributed by atoms with E-state index in [4.69, 9.17) is 6.48 Å². The Hall–Kier alpha value is -1.36. The summed E-state index contributed by atoms with van der Waals surface area (Å²) < 4.78 is 21.6. The van der Waals surface area contributed by atoms with E-state index in [1.807, 2.05) is 0 Å². The lowest BCUT2D eigenvalue weighted by Gasteiger charge is -2.23. The summed E-state index contributed by atoms with van der Waals surface area (Å²) in [6.45, 7) is -0.708. The number of hydrogen-bond donors (Lipinski definition) is 2. The molecule has 0 radical (unpaired) electrons. The van der Waals surface area contributed by atoms with Crippen molar-refractivity contribution in [2.75, 3.05) is 0 Å². The van der Waals surface area contributed by atoms with Crippen LogP contribution in [0.15, 0.2) is 10.8 Å². The Bertz CT molecular complexity index is 509. The number of halogens is 1. The van der Waals surface area contributed by atoms with Crippen LogP contribution in [0, 0.1) is 5.82 Å². The molecule has 4 nitrogen and oxygen atoms in total. The van der Waals surface area contributed by atoms with Crippen molar-refractivity contribution in [3.63, 3.8) is 0 Å². The molecule has 0 unspecified atom stereocenters. The van der Waals surface area contributed by atoms with Gasteiger partial charge >= 0.3 is 5.56 Å². The molecule has 0 saturated heterocycles. The van der Waals surface area contributed by atoms with Crippen LogP contribution in [-0.4, -0.2) is 15.0 Å². The van der Waals surface area contributed by atoms with Crippen LogP contribution in [0.3, 0.4) is 0 Å². The molecule has 0 spiro atoms. The number of pyridine rings is 1. The van der Waals surface area contributed by atoms with Gasteiger partial charge in [-0.25, -0.2) is 4.39 Å². The van der Waals surface area contributed by atoms with Gasteiger partial charge in [0.2, 0.25) is 0 Å². The lowest BCUT2D eigenvalue weighted by molar-refractivity contribution is 0.150. The minimum atomic E-state index is -1.25. The summed E-state index contributed by atoms with van der Waals surface area (Å²) in [4.78, 5) is 11.5. The van der Waals surface area contributed by atoms with Gasteiger partial charge in [0.05, 0.1) is 13.7 Å². The predicted molar refractivity (Wildman–Crippen MR) is 59.6 cm³/mol. The van der Waals surface area contributed by atoms with E-state index in [1.54, 1.807) is 0 Å². The first-order valence-corrected chi connectivity index (χ1v) is 5.82. The first-order chi connectivity index (χ1) is 8.57. The molecule has 1 aromatic rings. The first kappa shape index (κ1) is 10.8. The molecule has 0 atom stereocenters. The Kier molecular flexibility index (Phi) is 3.09. The van der Waals surface area contributed by atoms with Crippen LogP contribution in [0.2, 0.25) is 0 Å². The van der Waals surface area contributed by atoms with Crippen molar-refractivity contribution in [2.24, 2.45) is 0 Å². The quantitative estimate of drug-likeness (QED) is 0.777. The molecule has 0 bridgehead atoms. The van der Waals surface area contributed by atoms with Gasteiger partial charge in [0.1, 0.15) is 0 Å². The average Bonchev–Trinajstić information content (AvgIpc) is 2.38. The van der Waals surface area contributed by atoms with Crippen molar-refractivity contribution >= 4 is 0 Å². The summed E-state index contributed by atoms with van der Waals surface area (Å²) in [5.41, 5.74) is -1.38. The van der Waals surface area contributed by atoms with Crippen molar-refractivity contribution < 1.29 is 16.1 Å². The Morgan fingerprint density at radius 1 is 1.47 bits per heavy atom. The molecule has 94 valence electrons. The number of hydrogen-bond acceptors (Lipinski definition) is 3. The van der Waals surface area contributed by atoms with Crippen LogP contribution in [0.5, 0.6) is 0 Å². The summed E-state index contributed by atoms with van der Waals surface area (Å²) in [7, 11) is 0. The number of aromatic nitrogens is 1. The van der Waals surface area contributed by atoms with Gasteiger partial charge < -0.3 is 10.3 Å². The van der Waals surface area contributed by atoms with Gasteiger partial charge in [-0.05, 0) is 18.9 Å². The molecule has 2 N–H and O–H groups in total. The van der Waals surface area contributed by atoms with Gasteiger partial charge in [0.15, 0.2) is 5.82 Å². The molecule has 0 aromatic carbocycles. The van der Waals surface area contributed by atoms with Crippen molar-refractivity contribution in [1.82, 2.24) is 4.73 Å². The van der Waals surface area contributed by atoms with Gasteiger partial charge in [-0.3, -0.25) is 4.79 Å². The summed E-state index contributed by atoms with van der Waals surface area (Å²) in [6, 6.07) is -0.260. The second kappa shape index (κ2) is 4.87. The third kappa shape index (κ3) is 2.20. The van der Waals surface area contributed by atoms with E-state index in [2.05, 4.69) is 0 Å². The molecule has 5 heteroatoms. The van der Waals surface area contributed by atoms with E-state index in [0.29, 0.717) is 0 Å². The van der Waals surface area contributed by atoms with E-state index in [-0.39, 0.29) is 27.9 Å². The maximum atomic E-state index is 13.5. The second-order valence-electron chi connectivity index (χ2n) is 4.41. The normalized spacial score (nSPS) is 18.1. The van der Waals surface area contributed by atoms with Crippen molar-refractivity contribution in [3.8, 4) is 0 Å². The summed E-state index contributed by atoms with van der Waals surface area (Å²) in [5.74, 6) is -1.36. The molecular weight excluding hydrogens is 225 g/mol. The van der Waals surface area contributed by atoms with E-state index < -0.39 is 18.0 Å². The Morgan fingerprint density at radius 2 is 2.12 bits per heavy atom. The summed E-state index contributed by atoms with van der Waals surface area (Å²) >= 11 is 0. The zero-order chi connectivity index (χ0) is 13.3. The lowest BCUT2D eigenvalue weighted by Crippen LogP contribution is -2.28. The average molecular weight is 242 g/mol. The minimum absolute atomic E-state index is 0.116. The molecule has 1 heterocycles. The van der Waals surface area contributed by atoms with Crippen molar-refractivity contribution in [2.45, 2.75) is 44.6 Å². The highest BCUT2D eigenvalue weighted by Gasteiger charge is 2.22. The van der Waals surface area contributed by atoms with Crippen LogP contribution in [0.25, 0.3) is 0 Å². The molecule has 1 fully saturated rings. The second-order valence-corrected chi connectivity index (χ2v) is 4.41. The smallest absolute Gasteiger partial charge is 0.319 e. The van der Waals surface area contributed by atoms with E-state index in [1.165, 1.54) is 0 Å². The number of rotatable bonds is 2. The minimum Gasteiger partial charge on any atom is -0.425 e. The largest absolute Gasteiger partial charge is 0.425 e. The van der Waals surface area contributed by atoms with Crippen molar-refractivity contribution in [3.05, 3.63) is 33.5 Å². The predicted octanol–water partition coefficient (Wildman–Crippen LogP) is 1.76. The fraction of sp³-hybridized carbons (Fsp3) is 0.583. The van der Waals surface area contributed by atoms with Gasteiger partial charge in [-0.2, -0.15) is 0 Å². The maximum Gasteiger partial charge on any atom is 0.319 e. The molecule has 0 amide bonds.